The van der Waals surface area contributed by atoms with Gasteiger partial charge in [0.2, 0.25) is 9.70 Å². The van der Waals surface area contributed by atoms with Crippen LogP contribution in [-0.4, -0.2) is 27.6 Å². The predicted octanol–water partition coefficient (Wildman–Crippen LogP) is 4.23. The number of benzene rings is 1. The van der Waals surface area contributed by atoms with Gasteiger partial charge in [0.1, 0.15) is 11.9 Å². The van der Waals surface area contributed by atoms with Gasteiger partial charge in [0, 0.05) is 12.1 Å². The number of carbonyl (C=O) groups excluding carboxylic acids is 1. The highest BCUT2D eigenvalue weighted by atomic mass is 35.6. The van der Waals surface area contributed by atoms with Crippen molar-refractivity contribution in [2.45, 2.75) is 37.2 Å². The number of carbonyl (C=O) groups is 1. The molecule has 0 aliphatic carbocycles. The van der Waals surface area contributed by atoms with Gasteiger partial charge in [-0.3, -0.25) is 4.79 Å². The van der Waals surface area contributed by atoms with E-state index in [2.05, 4.69) is 16.0 Å². The van der Waals surface area contributed by atoms with E-state index in [9.17, 15) is 4.79 Å². The molecule has 1 rings (SSSR count). The molecule has 0 aliphatic heterocycles. The predicted molar refractivity (Wildman–Crippen MR) is 109 cm³/mol. The van der Waals surface area contributed by atoms with E-state index in [1.807, 2.05) is 32.9 Å². The van der Waals surface area contributed by atoms with E-state index < -0.39 is 9.96 Å². The van der Waals surface area contributed by atoms with E-state index in [4.69, 9.17) is 51.8 Å². The smallest absolute Gasteiger partial charge is 0.228 e. The topological polar surface area (TPSA) is 62.4 Å². The van der Waals surface area contributed by atoms with Crippen LogP contribution in [0.3, 0.4) is 0 Å². The summed E-state index contributed by atoms with van der Waals surface area (Å²) in [6.07, 6.45) is -0.649. The molecule has 0 bridgehead atoms. The van der Waals surface area contributed by atoms with E-state index in [1.54, 1.807) is 12.1 Å². The molecule has 0 aromatic heterocycles. The van der Waals surface area contributed by atoms with Crippen molar-refractivity contribution in [3.05, 3.63) is 24.3 Å². The van der Waals surface area contributed by atoms with Crippen molar-refractivity contribution >= 4 is 63.7 Å². The first-order valence-electron chi connectivity index (χ1n) is 7.78. The van der Waals surface area contributed by atoms with Gasteiger partial charge >= 0.3 is 0 Å². The van der Waals surface area contributed by atoms with Gasteiger partial charge in [-0.2, -0.15) is 0 Å². The second kappa shape index (κ2) is 10.3. The fourth-order valence-electron chi connectivity index (χ4n) is 1.89. The third kappa shape index (κ3) is 8.81. The quantitative estimate of drug-likeness (QED) is 0.346. The molecule has 3 N–H and O–H groups in total. The van der Waals surface area contributed by atoms with E-state index in [1.165, 1.54) is 0 Å². The molecule has 1 atom stereocenters. The van der Waals surface area contributed by atoms with Gasteiger partial charge in [0.05, 0.1) is 6.61 Å². The van der Waals surface area contributed by atoms with Crippen molar-refractivity contribution < 1.29 is 9.53 Å². The number of hydrogen-bond acceptors (Lipinski definition) is 3. The number of alkyl halides is 3. The van der Waals surface area contributed by atoms with Gasteiger partial charge in [-0.05, 0) is 49.3 Å². The molecule has 0 unspecified atom stereocenters. The number of rotatable bonds is 7. The molecular weight excluding hydrogens is 405 g/mol. The van der Waals surface area contributed by atoms with Crippen molar-refractivity contribution in [1.29, 1.82) is 0 Å². The first kappa shape index (κ1) is 22.1. The highest BCUT2D eigenvalue weighted by Crippen LogP contribution is 2.29. The molecule has 5 nitrogen and oxygen atoms in total. The summed E-state index contributed by atoms with van der Waals surface area (Å²) in [4.78, 5) is 11.9. The zero-order valence-corrected chi connectivity index (χ0v) is 17.3. The summed E-state index contributed by atoms with van der Waals surface area (Å²) in [7, 11) is 0. The molecule has 25 heavy (non-hydrogen) atoms. The molecule has 9 heteroatoms. The van der Waals surface area contributed by atoms with Crippen LogP contribution >= 0.6 is 47.0 Å². The summed E-state index contributed by atoms with van der Waals surface area (Å²) in [5.41, 5.74) is 0.734. The number of nitrogens with one attached hydrogen (secondary N) is 3. The molecule has 1 aromatic carbocycles. The normalized spacial score (nSPS) is 12.4. The Bertz CT molecular complexity index is 577. The minimum atomic E-state index is -1.77. The lowest BCUT2D eigenvalue weighted by atomic mass is 10.1. The molecular formula is C16H22Cl3N3O2S. The van der Waals surface area contributed by atoms with Crippen molar-refractivity contribution in [3.8, 4) is 5.75 Å². The molecule has 140 valence electrons. The fourth-order valence-corrected chi connectivity index (χ4v) is 2.45. The van der Waals surface area contributed by atoms with Crippen LogP contribution in [0.15, 0.2) is 24.3 Å². The Morgan fingerprint density at radius 2 is 1.80 bits per heavy atom. The standard InChI is InChI=1S/C16H22Cl3N3O2S/c1-4-24-12-7-5-11(6-8-12)20-15(25)22-14(16(17,18)19)21-13(23)9-10(2)3/h5-8,10,14H,4,9H2,1-3H3,(H,21,23)(H2,20,22,25)/t14-/m1/s1. The number of anilines is 1. The largest absolute Gasteiger partial charge is 0.494 e. The molecule has 0 radical (unpaired) electrons. The number of ether oxygens (including phenoxy) is 1. The monoisotopic (exact) mass is 425 g/mol. The first-order chi connectivity index (χ1) is 11.6. The van der Waals surface area contributed by atoms with E-state index in [-0.39, 0.29) is 16.9 Å². The Morgan fingerprint density at radius 3 is 2.28 bits per heavy atom. The minimum absolute atomic E-state index is 0.185. The lowest BCUT2D eigenvalue weighted by Gasteiger charge is -2.28. The Hall–Kier alpha value is -0.950. The second-order valence-corrected chi connectivity index (χ2v) is 8.47. The summed E-state index contributed by atoms with van der Waals surface area (Å²) in [6.45, 7) is 6.36. The maximum atomic E-state index is 11.9. The lowest BCUT2D eigenvalue weighted by Crippen LogP contribution is -2.56. The molecule has 0 aliphatic rings. The summed E-state index contributed by atoms with van der Waals surface area (Å²) in [5.74, 6) is 0.708. The van der Waals surface area contributed by atoms with Gasteiger partial charge in [0.25, 0.3) is 0 Å². The van der Waals surface area contributed by atoms with Gasteiger partial charge in [-0.25, -0.2) is 0 Å². The Labute approximate surface area is 168 Å². The van der Waals surface area contributed by atoms with E-state index in [0.717, 1.165) is 11.4 Å². The van der Waals surface area contributed by atoms with Gasteiger partial charge in [-0.15, -0.1) is 0 Å². The van der Waals surface area contributed by atoms with Crippen LogP contribution in [0.4, 0.5) is 5.69 Å². The average molecular weight is 427 g/mol. The number of hydrogen-bond donors (Lipinski definition) is 3. The van der Waals surface area contributed by atoms with Crippen LogP contribution in [0, 0.1) is 5.92 Å². The molecule has 0 saturated heterocycles. The van der Waals surface area contributed by atoms with Crippen LogP contribution in [0.1, 0.15) is 27.2 Å². The van der Waals surface area contributed by atoms with Crippen LogP contribution in [0.25, 0.3) is 0 Å². The summed E-state index contributed by atoms with van der Waals surface area (Å²) < 4.78 is 3.61. The van der Waals surface area contributed by atoms with E-state index >= 15 is 0 Å². The Kier molecular flexibility index (Phi) is 9.07. The lowest BCUT2D eigenvalue weighted by molar-refractivity contribution is -0.122. The van der Waals surface area contributed by atoms with Crippen molar-refractivity contribution in [2.75, 3.05) is 11.9 Å². The number of halogens is 3. The third-order valence-electron chi connectivity index (χ3n) is 2.92. The molecule has 0 saturated carbocycles. The molecule has 0 spiro atoms. The first-order valence-corrected chi connectivity index (χ1v) is 9.32. The molecule has 1 aromatic rings. The fraction of sp³-hybridized carbons (Fsp3) is 0.500. The summed E-state index contributed by atoms with van der Waals surface area (Å²) in [6, 6.07) is 7.23. The maximum absolute atomic E-state index is 11.9. The van der Waals surface area contributed by atoms with Crippen molar-refractivity contribution in [2.24, 2.45) is 5.92 Å². The third-order valence-corrected chi connectivity index (χ3v) is 3.80. The van der Waals surface area contributed by atoms with E-state index in [0.29, 0.717) is 13.0 Å². The maximum Gasteiger partial charge on any atom is 0.228 e. The number of thiocarbonyl (C=S) groups is 1. The Balaban J connectivity index is 2.66. The van der Waals surface area contributed by atoms with Gasteiger partial charge in [0.15, 0.2) is 5.11 Å². The van der Waals surface area contributed by atoms with Crippen LogP contribution in [-0.2, 0) is 4.79 Å². The van der Waals surface area contributed by atoms with Gasteiger partial charge < -0.3 is 20.7 Å². The zero-order valence-electron chi connectivity index (χ0n) is 14.2. The highest BCUT2D eigenvalue weighted by Gasteiger charge is 2.34. The zero-order chi connectivity index (χ0) is 19.0. The minimum Gasteiger partial charge on any atom is -0.494 e. The van der Waals surface area contributed by atoms with Crippen LogP contribution in [0.5, 0.6) is 5.75 Å². The second-order valence-electron chi connectivity index (χ2n) is 5.70. The van der Waals surface area contributed by atoms with Crippen LogP contribution < -0.4 is 20.7 Å². The summed E-state index contributed by atoms with van der Waals surface area (Å²) >= 11 is 23.0. The van der Waals surface area contributed by atoms with Crippen molar-refractivity contribution in [3.63, 3.8) is 0 Å². The van der Waals surface area contributed by atoms with Gasteiger partial charge in [-0.1, -0.05) is 48.7 Å². The molecule has 1 amide bonds. The highest BCUT2D eigenvalue weighted by molar-refractivity contribution is 7.80. The average Bonchev–Trinajstić information content (AvgIpc) is 2.47. The molecule has 0 heterocycles. The summed E-state index contributed by atoms with van der Waals surface area (Å²) in [5, 5.41) is 8.63. The Morgan fingerprint density at radius 1 is 1.20 bits per heavy atom. The number of amides is 1. The van der Waals surface area contributed by atoms with Crippen molar-refractivity contribution in [1.82, 2.24) is 10.6 Å². The SMILES string of the molecule is CCOc1ccc(NC(=S)N[C@@H](NC(=O)CC(C)C)C(Cl)(Cl)Cl)cc1. The molecule has 0 fully saturated rings. The van der Waals surface area contributed by atoms with Crippen LogP contribution in [0.2, 0.25) is 0 Å².